The van der Waals surface area contributed by atoms with Crippen LogP contribution in [0.3, 0.4) is 0 Å². The molecule has 0 radical (unpaired) electrons. The topological polar surface area (TPSA) is 53.5 Å². The SMILES string of the molecule is CN1CCCC1CN1CC(S(=O)(=O)c2cccc(Cl)c2)c2cccnc21. The molecule has 0 N–H and O–H groups in total. The third-order valence-electron chi connectivity index (χ3n) is 5.45. The fourth-order valence-corrected chi connectivity index (χ4v) is 6.05. The van der Waals surface area contributed by atoms with E-state index in [0.717, 1.165) is 30.9 Å². The molecule has 0 saturated carbocycles. The summed E-state index contributed by atoms with van der Waals surface area (Å²) in [6.07, 6.45) is 4.06. The molecule has 2 unspecified atom stereocenters. The number of halogens is 1. The van der Waals surface area contributed by atoms with Crippen LogP contribution in [-0.4, -0.2) is 51.0 Å². The molecule has 2 atom stereocenters. The Labute approximate surface area is 159 Å². The van der Waals surface area contributed by atoms with E-state index in [1.54, 1.807) is 24.4 Å². The number of fused-ring (bicyclic) bond motifs is 1. The van der Waals surface area contributed by atoms with Gasteiger partial charge < -0.3 is 9.80 Å². The Balaban J connectivity index is 1.68. The molecule has 1 fully saturated rings. The molecular formula is C19H22ClN3O2S. The van der Waals surface area contributed by atoms with Crippen molar-refractivity contribution in [3.63, 3.8) is 0 Å². The summed E-state index contributed by atoms with van der Waals surface area (Å²) in [5, 5.41) is -0.184. The number of pyridine rings is 1. The Morgan fingerprint density at radius 2 is 2.12 bits per heavy atom. The van der Waals surface area contributed by atoms with Crippen molar-refractivity contribution in [1.29, 1.82) is 0 Å². The largest absolute Gasteiger partial charge is 0.353 e. The van der Waals surface area contributed by atoms with Gasteiger partial charge in [0, 0.05) is 35.9 Å². The maximum atomic E-state index is 13.3. The summed E-state index contributed by atoms with van der Waals surface area (Å²) < 4.78 is 26.5. The Morgan fingerprint density at radius 1 is 1.27 bits per heavy atom. The number of hydrogen-bond donors (Lipinski definition) is 0. The number of sulfone groups is 1. The Hall–Kier alpha value is -1.63. The van der Waals surface area contributed by atoms with E-state index in [1.165, 1.54) is 12.5 Å². The van der Waals surface area contributed by atoms with Crippen LogP contribution in [-0.2, 0) is 9.84 Å². The highest BCUT2D eigenvalue weighted by molar-refractivity contribution is 7.91. The van der Waals surface area contributed by atoms with Crippen molar-refractivity contribution in [2.24, 2.45) is 0 Å². The van der Waals surface area contributed by atoms with E-state index in [2.05, 4.69) is 21.8 Å². The minimum Gasteiger partial charge on any atom is -0.353 e. The molecule has 138 valence electrons. The first-order valence-corrected chi connectivity index (χ1v) is 10.8. The zero-order valence-electron chi connectivity index (χ0n) is 14.7. The minimum absolute atomic E-state index is 0.268. The van der Waals surface area contributed by atoms with E-state index in [0.29, 0.717) is 17.6 Å². The van der Waals surface area contributed by atoms with Gasteiger partial charge in [-0.15, -0.1) is 0 Å². The number of rotatable bonds is 4. The number of nitrogens with zero attached hydrogens (tertiary/aromatic N) is 3. The molecule has 2 aliphatic heterocycles. The van der Waals surface area contributed by atoms with Crippen LogP contribution in [0.5, 0.6) is 0 Å². The lowest BCUT2D eigenvalue weighted by Gasteiger charge is -2.27. The summed E-state index contributed by atoms with van der Waals surface area (Å²) in [7, 11) is -1.40. The van der Waals surface area contributed by atoms with Crippen LogP contribution < -0.4 is 4.90 Å². The summed E-state index contributed by atoms with van der Waals surface area (Å²) in [5.74, 6) is 0.795. The molecule has 3 heterocycles. The van der Waals surface area contributed by atoms with Gasteiger partial charge in [-0.05, 0) is 50.7 Å². The van der Waals surface area contributed by atoms with Gasteiger partial charge in [-0.3, -0.25) is 0 Å². The van der Waals surface area contributed by atoms with Crippen molar-refractivity contribution < 1.29 is 8.42 Å². The van der Waals surface area contributed by atoms with Gasteiger partial charge in [-0.1, -0.05) is 23.7 Å². The summed E-state index contributed by atoms with van der Waals surface area (Å²) in [5.41, 5.74) is 0.785. The zero-order chi connectivity index (χ0) is 18.3. The third-order valence-corrected chi connectivity index (χ3v) is 7.75. The molecule has 0 amide bonds. The lowest BCUT2D eigenvalue weighted by molar-refractivity contribution is 0.312. The Kier molecular flexibility index (Phi) is 4.67. The molecular weight excluding hydrogens is 370 g/mol. The first kappa shape index (κ1) is 17.8. The van der Waals surface area contributed by atoms with E-state index in [1.807, 2.05) is 12.1 Å². The van der Waals surface area contributed by atoms with Crippen LogP contribution in [0.4, 0.5) is 5.82 Å². The third kappa shape index (κ3) is 3.10. The number of aromatic nitrogens is 1. The maximum absolute atomic E-state index is 13.3. The van der Waals surface area contributed by atoms with E-state index in [9.17, 15) is 8.42 Å². The van der Waals surface area contributed by atoms with Crippen LogP contribution in [0.15, 0.2) is 47.5 Å². The highest BCUT2D eigenvalue weighted by atomic mass is 35.5. The highest BCUT2D eigenvalue weighted by Gasteiger charge is 2.40. The van der Waals surface area contributed by atoms with E-state index < -0.39 is 15.1 Å². The molecule has 4 rings (SSSR count). The van der Waals surface area contributed by atoms with Gasteiger partial charge in [0.15, 0.2) is 9.84 Å². The van der Waals surface area contributed by atoms with Crippen molar-refractivity contribution >= 4 is 27.3 Å². The number of anilines is 1. The van der Waals surface area contributed by atoms with Gasteiger partial charge in [-0.25, -0.2) is 13.4 Å². The van der Waals surface area contributed by atoms with E-state index in [4.69, 9.17) is 11.6 Å². The zero-order valence-corrected chi connectivity index (χ0v) is 16.2. The first-order valence-electron chi connectivity index (χ1n) is 8.86. The average Bonchev–Trinajstić information content (AvgIpc) is 3.20. The van der Waals surface area contributed by atoms with Gasteiger partial charge in [0.2, 0.25) is 0 Å². The second kappa shape index (κ2) is 6.83. The van der Waals surface area contributed by atoms with Crippen LogP contribution >= 0.6 is 11.6 Å². The molecule has 0 aliphatic carbocycles. The molecule has 0 spiro atoms. The summed E-state index contributed by atoms with van der Waals surface area (Å²) in [6.45, 7) is 2.34. The van der Waals surface area contributed by atoms with Gasteiger partial charge in [0.05, 0.1) is 4.90 Å². The molecule has 2 aromatic rings. The second-order valence-electron chi connectivity index (χ2n) is 7.09. The van der Waals surface area contributed by atoms with Crippen LogP contribution in [0.1, 0.15) is 23.7 Å². The number of likely N-dealkylation sites (tertiary alicyclic amines) is 1. The van der Waals surface area contributed by atoms with E-state index in [-0.39, 0.29) is 4.90 Å². The van der Waals surface area contributed by atoms with Gasteiger partial charge in [0.1, 0.15) is 11.1 Å². The standard InChI is InChI=1S/C19H22ClN3O2S/c1-22-10-4-6-15(22)12-23-13-18(17-8-3-9-21-19(17)23)26(24,25)16-7-2-5-14(20)11-16/h2-3,5,7-9,11,15,18H,4,6,10,12-13H2,1H3. The summed E-state index contributed by atoms with van der Waals surface area (Å²) in [4.78, 5) is 9.25. The number of likely N-dealkylation sites (N-methyl/N-ethyl adjacent to an activating group) is 1. The van der Waals surface area contributed by atoms with Gasteiger partial charge in [0.25, 0.3) is 0 Å². The molecule has 7 heteroatoms. The second-order valence-corrected chi connectivity index (χ2v) is 9.66. The van der Waals surface area contributed by atoms with Crippen molar-refractivity contribution in [2.75, 3.05) is 31.6 Å². The number of hydrogen-bond acceptors (Lipinski definition) is 5. The lowest BCUT2D eigenvalue weighted by Crippen LogP contribution is -2.38. The minimum atomic E-state index is -3.53. The fraction of sp³-hybridized carbons (Fsp3) is 0.421. The maximum Gasteiger partial charge on any atom is 0.187 e. The predicted octanol–water partition coefficient (Wildman–Crippen LogP) is 3.16. The van der Waals surface area contributed by atoms with Gasteiger partial charge >= 0.3 is 0 Å². The van der Waals surface area contributed by atoms with Gasteiger partial charge in [-0.2, -0.15) is 0 Å². The van der Waals surface area contributed by atoms with Crippen LogP contribution in [0.25, 0.3) is 0 Å². The Bertz CT molecular complexity index is 919. The number of benzene rings is 1. The molecule has 5 nitrogen and oxygen atoms in total. The first-order chi connectivity index (χ1) is 12.5. The van der Waals surface area contributed by atoms with Crippen LogP contribution in [0.2, 0.25) is 5.02 Å². The monoisotopic (exact) mass is 391 g/mol. The Morgan fingerprint density at radius 3 is 2.85 bits per heavy atom. The van der Waals surface area contributed by atoms with Crippen molar-refractivity contribution in [2.45, 2.75) is 29.0 Å². The smallest absolute Gasteiger partial charge is 0.187 e. The molecule has 1 aromatic carbocycles. The van der Waals surface area contributed by atoms with Crippen molar-refractivity contribution in [1.82, 2.24) is 9.88 Å². The normalized spacial score (nSPS) is 23.4. The molecule has 1 aromatic heterocycles. The molecule has 0 bridgehead atoms. The van der Waals surface area contributed by atoms with Crippen molar-refractivity contribution in [3.8, 4) is 0 Å². The molecule has 26 heavy (non-hydrogen) atoms. The fourth-order valence-electron chi connectivity index (χ4n) is 4.01. The van der Waals surface area contributed by atoms with Crippen molar-refractivity contribution in [3.05, 3.63) is 53.2 Å². The lowest BCUT2D eigenvalue weighted by atomic mass is 10.2. The summed E-state index contributed by atoms with van der Waals surface area (Å²) in [6, 6.07) is 10.6. The van der Waals surface area contributed by atoms with E-state index >= 15 is 0 Å². The highest BCUT2D eigenvalue weighted by Crippen LogP contribution is 2.41. The van der Waals surface area contributed by atoms with Crippen LogP contribution in [0, 0.1) is 0 Å². The average molecular weight is 392 g/mol. The predicted molar refractivity (Wildman–Crippen MR) is 103 cm³/mol. The molecule has 1 saturated heterocycles. The quantitative estimate of drug-likeness (QED) is 0.801. The molecule has 2 aliphatic rings. The summed E-state index contributed by atoms with van der Waals surface area (Å²) >= 11 is 6.02.